The Kier molecular flexibility index (Phi) is 7.02. The lowest BCUT2D eigenvalue weighted by atomic mass is 10.0. The fourth-order valence-corrected chi connectivity index (χ4v) is 3.16. The Bertz CT molecular complexity index is 248. The summed E-state index contributed by atoms with van der Waals surface area (Å²) in [4.78, 5) is 14.0. The molecule has 1 N–H and O–H groups in total. The first-order valence-electron chi connectivity index (χ1n) is 7.20. The zero-order chi connectivity index (χ0) is 12.1. The van der Waals surface area contributed by atoms with E-state index in [1.165, 1.54) is 32.1 Å². The summed E-state index contributed by atoms with van der Waals surface area (Å²) < 4.78 is 0. The minimum absolute atomic E-state index is 0. The Morgan fingerprint density at radius 2 is 1.94 bits per heavy atom. The summed E-state index contributed by atoms with van der Waals surface area (Å²) in [5.41, 5.74) is 0. The molecular formula is C14H27ClN2O. The first-order chi connectivity index (χ1) is 8.25. The van der Waals surface area contributed by atoms with Gasteiger partial charge in [-0.15, -0.1) is 12.4 Å². The summed E-state index contributed by atoms with van der Waals surface area (Å²) in [5, 5.41) is 3.36. The number of carbonyl (C=O) groups is 1. The molecule has 1 aliphatic carbocycles. The van der Waals surface area contributed by atoms with E-state index in [0.29, 0.717) is 5.91 Å². The molecule has 1 aliphatic heterocycles. The van der Waals surface area contributed by atoms with Crippen molar-refractivity contribution in [2.75, 3.05) is 26.7 Å². The van der Waals surface area contributed by atoms with Crippen molar-refractivity contribution in [2.45, 2.75) is 44.9 Å². The van der Waals surface area contributed by atoms with Gasteiger partial charge in [-0.05, 0) is 50.6 Å². The van der Waals surface area contributed by atoms with Crippen LogP contribution in [0.1, 0.15) is 44.9 Å². The quantitative estimate of drug-likeness (QED) is 0.835. The Hall–Kier alpha value is -0.280. The SMILES string of the molecule is CN(CC1CCCC1)C(=O)CCC1CCNC1.Cl. The van der Waals surface area contributed by atoms with Crippen molar-refractivity contribution in [1.29, 1.82) is 0 Å². The normalized spacial score (nSPS) is 23.9. The van der Waals surface area contributed by atoms with Crippen molar-refractivity contribution >= 4 is 18.3 Å². The lowest BCUT2D eigenvalue weighted by Gasteiger charge is -2.21. The van der Waals surface area contributed by atoms with Crippen LogP contribution in [-0.4, -0.2) is 37.5 Å². The molecule has 0 aromatic heterocycles. The van der Waals surface area contributed by atoms with Gasteiger partial charge in [0.1, 0.15) is 0 Å². The van der Waals surface area contributed by atoms with Gasteiger partial charge in [-0.25, -0.2) is 0 Å². The van der Waals surface area contributed by atoms with Crippen LogP contribution in [0.5, 0.6) is 0 Å². The number of nitrogens with one attached hydrogen (secondary N) is 1. The van der Waals surface area contributed by atoms with Gasteiger partial charge < -0.3 is 10.2 Å². The predicted molar refractivity (Wildman–Crippen MR) is 77.1 cm³/mol. The molecule has 0 aromatic rings. The molecule has 1 saturated heterocycles. The fourth-order valence-electron chi connectivity index (χ4n) is 3.16. The summed E-state index contributed by atoms with van der Waals surface area (Å²) in [6.45, 7) is 3.23. The minimum Gasteiger partial charge on any atom is -0.345 e. The van der Waals surface area contributed by atoms with Gasteiger partial charge in [-0.2, -0.15) is 0 Å². The van der Waals surface area contributed by atoms with Crippen molar-refractivity contribution in [3.8, 4) is 0 Å². The monoisotopic (exact) mass is 274 g/mol. The van der Waals surface area contributed by atoms with Crippen LogP contribution in [0.4, 0.5) is 0 Å². The van der Waals surface area contributed by atoms with Crippen molar-refractivity contribution in [3.05, 3.63) is 0 Å². The molecule has 0 radical (unpaired) electrons. The largest absolute Gasteiger partial charge is 0.345 e. The lowest BCUT2D eigenvalue weighted by Crippen LogP contribution is -2.31. The van der Waals surface area contributed by atoms with E-state index in [2.05, 4.69) is 5.32 Å². The number of rotatable bonds is 5. The van der Waals surface area contributed by atoms with E-state index in [9.17, 15) is 4.79 Å². The van der Waals surface area contributed by atoms with E-state index in [1.807, 2.05) is 11.9 Å². The Balaban J connectivity index is 0.00000162. The van der Waals surface area contributed by atoms with Crippen LogP contribution in [-0.2, 0) is 4.79 Å². The summed E-state index contributed by atoms with van der Waals surface area (Å²) in [6.07, 6.45) is 8.44. The molecule has 1 heterocycles. The smallest absolute Gasteiger partial charge is 0.222 e. The van der Waals surface area contributed by atoms with Crippen molar-refractivity contribution in [2.24, 2.45) is 11.8 Å². The van der Waals surface area contributed by atoms with Gasteiger partial charge in [-0.1, -0.05) is 12.8 Å². The maximum Gasteiger partial charge on any atom is 0.222 e. The van der Waals surface area contributed by atoms with Crippen LogP contribution in [0, 0.1) is 11.8 Å². The number of nitrogens with zero attached hydrogens (tertiary/aromatic N) is 1. The molecule has 3 nitrogen and oxygen atoms in total. The Labute approximate surface area is 117 Å². The molecule has 2 rings (SSSR count). The second-order valence-corrected chi connectivity index (χ2v) is 5.82. The molecule has 1 atom stereocenters. The summed E-state index contributed by atoms with van der Waals surface area (Å²) >= 11 is 0. The lowest BCUT2D eigenvalue weighted by molar-refractivity contribution is -0.130. The van der Waals surface area contributed by atoms with E-state index in [-0.39, 0.29) is 12.4 Å². The Morgan fingerprint density at radius 1 is 1.22 bits per heavy atom. The van der Waals surface area contributed by atoms with Crippen molar-refractivity contribution < 1.29 is 4.79 Å². The average molecular weight is 275 g/mol. The standard InChI is InChI=1S/C14H26N2O.ClH/c1-16(11-13-4-2-3-5-13)14(17)7-6-12-8-9-15-10-12;/h12-13,15H,2-11H2,1H3;1H. The number of halogens is 1. The topological polar surface area (TPSA) is 32.3 Å². The maximum absolute atomic E-state index is 12.0. The molecule has 4 heteroatoms. The molecular weight excluding hydrogens is 248 g/mol. The van der Waals surface area contributed by atoms with Crippen LogP contribution in [0.2, 0.25) is 0 Å². The highest BCUT2D eigenvalue weighted by molar-refractivity contribution is 5.85. The molecule has 106 valence electrons. The zero-order valence-electron chi connectivity index (χ0n) is 11.5. The van der Waals surface area contributed by atoms with Crippen LogP contribution in [0.15, 0.2) is 0 Å². The summed E-state index contributed by atoms with van der Waals surface area (Å²) in [5.74, 6) is 1.86. The zero-order valence-corrected chi connectivity index (χ0v) is 12.3. The third-order valence-electron chi connectivity index (χ3n) is 4.36. The minimum atomic E-state index is 0. The molecule has 1 unspecified atom stereocenters. The number of hydrogen-bond donors (Lipinski definition) is 1. The summed E-state index contributed by atoms with van der Waals surface area (Å²) in [7, 11) is 1.98. The predicted octanol–water partition coefficient (Wildman–Crippen LogP) is 2.45. The molecule has 0 bridgehead atoms. The highest BCUT2D eigenvalue weighted by atomic mass is 35.5. The van der Waals surface area contributed by atoms with Crippen LogP contribution >= 0.6 is 12.4 Å². The van der Waals surface area contributed by atoms with Gasteiger partial charge in [0.2, 0.25) is 5.91 Å². The van der Waals surface area contributed by atoms with E-state index >= 15 is 0 Å². The number of amides is 1. The highest BCUT2D eigenvalue weighted by Crippen LogP contribution is 2.25. The van der Waals surface area contributed by atoms with Crippen LogP contribution in [0.3, 0.4) is 0 Å². The van der Waals surface area contributed by atoms with Gasteiger partial charge in [0.05, 0.1) is 0 Å². The molecule has 2 aliphatic rings. The number of hydrogen-bond acceptors (Lipinski definition) is 2. The van der Waals surface area contributed by atoms with Gasteiger partial charge >= 0.3 is 0 Å². The van der Waals surface area contributed by atoms with Crippen molar-refractivity contribution in [3.63, 3.8) is 0 Å². The average Bonchev–Trinajstić information content (AvgIpc) is 2.98. The van der Waals surface area contributed by atoms with Gasteiger partial charge in [-0.3, -0.25) is 4.79 Å². The molecule has 18 heavy (non-hydrogen) atoms. The second kappa shape index (κ2) is 8.00. The Morgan fingerprint density at radius 3 is 2.56 bits per heavy atom. The molecule has 1 amide bonds. The van der Waals surface area contributed by atoms with Gasteiger partial charge in [0, 0.05) is 20.0 Å². The molecule has 0 spiro atoms. The molecule has 0 aromatic carbocycles. The van der Waals surface area contributed by atoms with E-state index < -0.39 is 0 Å². The third-order valence-corrected chi connectivity index (χ3v) is 4.36. The second-order valence-electron chi connectivity index (χ2n) is 5.82. The van der Waals surface area contributed by atoms with Crippen molar-refractivity contribution in [1.82, 2.24) is 10.2 Å². The van der Waals surface area contributed by atoms with E-state index in [1.54, 1.807) is 0 Å². The van der Waals surface area contributed by atoms with Gasteiger partial charge in [0.15, 0.2) is 0 Å². The first kappa shape index (κ1) is 15.8. The van der Waals surface area contributed by atoms with Crippen LogP contribution < -0.4 is 5.32 Å². The summed E-state index contributed by atoms with van der Waals surface area (Å²) in [6, 6.07) is 0. The van der Waals surface area contributed by atoms with Crippen LogP contribution in [0.25, 0.3) is 0 Å². The van der Waals surface area contributed by atoms with E-state index in [4.69, 9.17) is 0 Å². The number of carbonyl (C=O) groups excluding carboxylic acids is 1. The highest BCUT2D eigenvalue weighted by Gasteiger charge is 2.21. The van der Waals surface area contributed by atoms with E-state index in [0.717, 1.165) is 44.3 Å². The maximum atomic E-state index is 12.0. The first-order valence-corrected chi connectivity index (χ1v) is 7.20. The fraction of sp³-hybridized carbons (Fsp3) is 0.929. The molecule has 2 fully saturated rings. The van der Waals surface area contributed by atoms with Gasteiger partial charge in [0.25, 0.3) is 0 Å². The third kappa shape index (κ3) is 4.77. The molecule has 1 saturated carbocycles.